The lowest BCUT2D eigenvalue weighted by atomic mass is 10.4. The number of methoxy groups -OCH3 is 2. The average Bonchev–Trinajstić information content (AvgIpc) is 3.23. The standard InChI is InChI=1S/C5H5N3O4.C5H7N3O2.C2H6O/c1-12-5(9)4-3(8(10)11)2-6-7-4;1-10-5(9)4-3(6)2-7-8-4;1-2-3/h2H,1H3,(H,6,7);2H,6H2,1H3,(H,7,8);3H,2H2,1H3. The Morgan fingerprint density at radius 1 is 1.20 bits per heavy atom. The molecule has 0 bridgehead atoms. The zero-order chi connectivity index (χ0) is 19.4. The smallest absolute Gasteiger partial charge is 0.363 e. The van der Waals surface area contributed by atoms with E-state index in [-0.39, 0.29) is 23.7 Å². The normalized spacial score (nSPS) is 8.96. The highest BCUT2D eigenvalue weighted by Gasteiger charge is 2.22. The first-order chi connectivity index (χ1) is 11.8. The second kappa shape index (κ2) is 11.1. The fourth-order valence-electron chi connectivity index (χ4n) is 1.23. The number of anilines is 1. The lowest BCUT2D eigenvalue weighted by Gasteiger charge is -1.93. The lowest BCUT2D eigenvalue weighted by Crippen LogP contribution is -2.04. The summed E-state index contributed by atoms with van der Waals surface area (Å²) in [6, 6.07) is 0. The van der Waals surface area contributed by atoms with Gasteiger partial charge in [-0.2, -0.15) is 10.2 Å². The molecule has 2 aromatic heterocycles. The van der Waals surface area contributed by atoms with Crippen LogP contribution in [0.5, 0.6) is 0 Å². The van der Waals surface area contributed by atoms with Crippen LogP contribution in [-0.2, 0) is 9.47 Å². The average molecular weight is 358 g/mol. The van der Waals surface area contributed by atoms with Crippen molar-refractivity contribution in [2.45, 2.75) is 6.92 Å². The first-order valence-electron chi connectivity index (χ1n) is 6.57. The Hall–Kier alpha value is -3.48. The van der Waals surface area contributed by atoms with E-state index in [4.69, 9.17) is 10.8 Å². The maximum Gasteiger partial charge on any atom is 0.363 e. The number of hydrogen-bond acceptors (Lipinski definition) is 10. The molecule has 138 valence electrons. The summed E-state index contributed by atoms with van der Waals surface area (Å²) in [5.41, 5.74) is 5.18. The summed E-state index contributed by atoms with van der Waals surface area (Å²) in [7, 11) is 2.41. The van der Waals surface area contributed by atoms with Gasteiger partial charge >= 0.3 is 17.6 Å². The van der Waals surface area contributed by atoms with Crippen molar-refractivity contribution >= 4 is 23.3 Å². The molecule has 13 heteroatoms. The van der Waals surface area contributed by atoms with Crippen LogP contribution in [-0.4, -0.2) is 63.2 Å². The molecule has 25 heavy (non-hydrogen) atoms. The summed E-state index contributed by atoms with van der Waals surface area (Å²) in [6.45, 7) is 1.93. The third-order valence-corrected chi connectivity index (χ3v) is 2.26. The molecule has 2 rings (SSSR count). The van der Waals surface area contributed by atoms with Crippen LogP contribution in [0.25, 0.3) is 0 Å². The summed E-state index contributed by atoms with van der Waals surface area (Å²) >= 11 is 0. The summed E-state index contributed by atoms with van der Waals surface area (Å²) in [6.07, 6.45) is 2.30. The minimum absolute atomic E-state index is 0.197. The highest BCUT2D eigenvalue weighted by molar-refractivity contribution is 5.92. The van der Waals surface area contributed by atoms with Crippen LogP contribution >= 0.6 is 0 Å². The van der Waals surface area contributed by atoms with E-state index in [0.717, 1.165) is 13.3 Å². The zero-order valence-electron chi connectivity index (χ0n) is 13.7. The van der Waals surface area contributed by atoms with Crippen LogP contribution in [0.4, 0.5) is 11.4 Å². The van der Waals surface area contributed by atoms with Crippen molar-refractivity contribution in [3.05, 3.63) is 33.9 Å². The molecule has 0 spiro atoms. The summed E-state index contributed by atoms with van der Waals surface area (Å²) in [5.74, 6) is -1.31. The highest BCUT2D eigenvalue weighted by atomic mass is 16.6. The number of aliphatic hydroxyl groups is 1. The van der Waals surface area contributed by atoms with E-state index in [0.29, 0.717) is 5.69 Å². The molecule has 0 saturated carbocycles. The van der Waals surface area contributed by atoms with Crippen LogP contribution in [0, 0.1) is 10.1 Å². The molecule has 0 unspecified atom stereocenters. The molecule has 2 aromatic rings. The lowest BCUT2D eigenvalue weighted by molar-refractivity contribution is -0.385. The maximum absolute atomic E-state index is 10.8. The van der Waals surface area contributed by atoms with Crippen molar-refractivity contribution < 1.29 is 29.1 Å². The maximum atomic E-state index is 10.8. The first kappa shape index (κ1) is 21.5. The Balaban J connectivity index is 0.000000403. The number of hydrogen-bond donors (Lipinski definition) is 4. The fourth-order valence-corrected chi connectivity index (χ4v) is 1.23. The monoisotopic (exact) mass is 358 g/mol. The van der Waals surface area contributed by atoms with Gasteiger partial charge in [-0.25, -0.2) is 9.59 Å². The fraction of sp³-hybridized carbons (Fsp3) is 0.333. The van der Waals surface area contributed by atoms with Gasteiger partial charge in [-0.05, 0) is 6.92 Å². The molecule has 0 aromatic carbocycles. The number of nitrogens with zero attached hydrogens (tertiary/aromatic N) is 3. The first-order valence-corrected chi connectivity index (χ1v) is 6.57. The molecule has 0 radical (unpaired) electrons. The van der Waals surface area contributed by atoms with Gasteiger partial charge in [-0.3, -0.25) is 20.3 Å². The van der Waals surface area contributed by atoms with Crippen molar-refractivity contribution in [3.63, 3.8) is 0 Å². The number of nitrogen functional groups attached to an aromatic ring is 1. The molecule has 0 atom stereocenters. The van der Waals surface area contributed by atoms with Crippen LogP contribution in [0.2, 0.25) is 0 Å². The molecule has 0 aliphatic rings. The number of nitrogens with one attached hydrogen (secondary N) is 2. The van der Waals surface area contributed by atoms with Gasteiger partial charge in [-0.15, -0.1) is 0 Å². The minimum atomic E-state index is -0.806. The molecule has 0 saturated heterocycles. The van der Waals surface area contributed by atoms with Gasteiger partial charge in [0.15, 0.2) is 5.69 Å². The number of nitrogens with two attached hydrogens (primary N) is 1. The Morgan fingerprint density at radius 2 is 1.64 bits per heavy atom. The Labute approximate surface area is 141 Å². The van der Waals surface area contributed by atoms with E-state index in [1.54, 1.807) is 6.92 Å². The van der Waals surface area contributed by atoms with Crippen LogP contribution in [0.15, 0.2) is 12.4 Å². The summed E-state index contributed by atoms with van der Waals surface area (Å²) < 4.78 is 8.66. The van der Waals surface area contributed by atoms with Crippen molar-refractivity contribution in [1.29, 1.82) is 0 Å². The largest absolute Gasteiger partial charge is 0.464 e. The Kier molecular flexibility index (Phi) is 9.57. The van der Waals surface area contributed by atoms with Gasteiger partial charge in [0.2, 0.25) is 5.69 Å². The summed E-state index contributed by atoms with van der Waals surface area (Å²) in [5, 5.41) is 29.3. The number of H-pyrrole nitrogens is 2. The number of aromatic nitrogens is 4. The third kappa shape index (κ3) is 6.66. The van der Waals surface area contributed by atoms with E-state index in [1.165, 1.54) is 13.3 Å². The Bertz CT molecular complexity index is 696. The molecule has 5 N–H and O–H groups in total. The van der Waals surface area contributed by atoms with Crippen LogP contribution in [0.1, 0.15) is 27.9 Å². The minimum Gasteiger partial charge on any atom is -0.464 e. The molecule has 0 aliphatic carbocycles. The van der Waals surface area contributed by atoms with Gasteiger partial charge in [0.05, 0.1) is 31.0 Å². The van der Waals surface area contributed by atoms with E-state index in [1.807, 2.05) is 0 Å². The number of carbonyl (C=O) groups excluding carboxylic acids is 2. The molecule has 13 nitrogen and oxygen atoms in total. The van der Waals surface area contributed by atoms with Crippen LogP contribution in [0.3, 0.4) is 0 Å². The number of nitro groups is 1. The highest BCUT2D eigenvalue weighted by Crippen LogP contribution is 2.14. The van der Waals surface area contributed by atoms with Crippen molar-refractivity contribution in [3.8, 4) is 0 Å². The molecule has 0 fully saturated rings. The zero-order valence-corrected chi connectivity index (χ0v) is 13.7. The summed E-state index contributed by atoms with van der Waals surface area (Å²) in [4.78, 5) is 31.1. The quantitative estimate of drug-likeness (QED) is 0.325. The number of esters is 2. The van der Waals surface area contributed by atoms with Crippen molar-refractivity contribution in [2.75, 3.05) is 26.6 Å². The van der Waals surface area contributed by atoms with E-state index < -0.39 is 16.9 Å². The number of aliphatic hydroxyl groups excluding tert-OH is 1. The van der Waals surface area contributed by atoms with E-state index in [9.17, 15) is 19.7 Å². The molecular formula is C12H18N6O7. The van der Waals surface area contributed by atoms with Gasteiger partial charge in [0, 0.05) is 6.61 Å². The van der Waals surface area contributed by atoms with E-state index in [2.05, 4.69) is 29.9 Å². The molecular weight excluding hydrogens is 340 g/mol. The second-order valence-corrected chi connectivity index (χ2v) is 3.89. The van der Waals surface area contributed by atoms with Crippen molar-refractivity contribution in [1.82, 2.24) is 20.4 Å². The van der Waals surface area contributed by atoms with Gasteiger partial charge in [-0.1, -0.05) is 0 Å². The molecule has 2 heterocycles. The SMILES string of the molecule is CCO.COC(=O)c1[nH]ncc1N.COC(=O)c1[nH]ncc1[N+](=O)[O-]. The predicted molar refractivity (Wildman–Crippen MR) is 83.7 cm³/mol. The molecule has 0 aliphatic heterocycles. The second-order valence-electron chi connectivity index (χ2n) is 3.89. The number of carbonyl (C=O) groups is 2. The predicted octanol–water partition coefficient (Wildman–Crippen LogP) is -0.118. The van der Waals surface area contributed by atoms with Crippen LogP contribution < -0.4 is 5.73 Å². The molecule has 0 amide bonds. The van der Waals surface area contributed by atoms with E-state index >= 15 is 0 Å². The van der Waals surface area contributed by atoms with Gasteiger partial charge < -0.3 is 20.3 Å². The topological polar surface area (TPSA) is 199 Å². The van der Waals surface area contributed by atoms with Crippen molar-refractivity contribution in [2.24, 2.45) is 0 Å². The number of rotatable bonds is 3. The Morgan fingerprint density at radius 3 is 2.04 bits per heavy atom. The number of aromatic amines is 2. The van der Waals surface area contributed by atoms with Gasteiger partial charge in [0.25, 0.3) is 0 Å². The number of ether oxygens (including phenoxy) is 2. The van der Waals surface area contributed by atoms with Gasteiger partial charge in [0.1, 0.15) is 6.20 Å². The third-order valence-electron chi connectivity index (χ3n) is 2.26.